The molecule has 2 aromatic carbocycles. The lowest BCUT2D eigenvalue weighted by Crippen LogP contribution is -2.14. The van der Waals surface area contributed by atoms with Gasteiger partial charge in [-0.25, -0.2) is 4.98 Å². The van der Waals surface area contributed by atoms with E-state index in [1.54, 1.807) is 37.6 Å². The SMILES string of the molecule is COc1ccc(-c2cnc(SCC(=O)Nc3cccc(C(C)=O)c3)n2C)cc1. The molecule has 7 heteroatoms. The number of rotatable bonds is 7. The van der Waals surface area contributed by atoms with Crippen molar-refractivity contribution in [1.82, 2.24) is 9.55 Å². The number of aromatic nitrogens is 2. The number of imidazole rings is 1. The van der Waals surface area contributed by atoms with E-state index in [1.807, 2.05) is 35.9 Å². The highest BCUT2D eigenvalue weighted by molar-refractivity contribution is 7.99. The summed E-state index contributed by atoms with van der Waals surface area (Å²) in [6, 6.07) is 14.7. The van der Waals surface area contributed by atoms with Gasteiger partial charge in [0.05, 0.1) is 24.8 Å². The normalized spacial score (nSPS) is 10.5. The highest BCUT2D eigenvalue weighted by Gasteiger charge is 2.12. The van der Waals surface area contributed by atoms with Gasteiger partial charge in [0.25, 0.3) is 0 Å². The molecule has 0 unspecified atom stereocenters. The molecule has 0 saturated heterocycles. The lowest BCUT2D eigenvalue weighted by Gasteiger charge is -2.08. The summed E-state index contributed by atoms with van der Waals surface area (Å²) in [6.45, 7) is 1.50. The Hall–Kier alpha value is -3.06. The first-order chi connectivity index (χ1) is 13.5. The average molecular weight is 395 g/mol. The van der Waals surface area contributed by atoms with Gasteiger partial charge in [-0.3, -0.25) is 9.59 Å². The van der Waals surface area contributed by atoms with Crippen molar-refractivity contribution in [1.29, 1.82) is 0 Å². The van der Waals surface area contributed by atoms with Crippen LogP contribution < -0.4 is 10.1 Å². The van der Waals surface area contributed by atoms with Crippen LogP contribution >= 0.6 is 11.8 Å². The molecule has 0 saturated carbocycles. The Morgan fingerprint density at radius 1 is 1.18 bits per heavy atom. The molecule has 6 nitrogen and oxygen atoms in total. The van der Waals surface area contributed by atoms with Gasteiger partial charge in [-0.15, -0.1) is 0 Å². The quantitative estimate of drug-likeness (QED) is 0.483. The predicted octanol–water partition coefficient (Wildman–Crippen LogP) is 4.03. The molecule has 1 amide bonds. The third kappa shape index (κ3) is 4.61. The summed E-state index contributed by atoms with van der Waals surface area (Å²) < 4.78 is 7.14. The maximum Gasteiger partial charge on any atom is 0.234 e. The number of benzene rings is 2. The van der Waals surface area contributed by atoms with E-state index in [0.29, 0.717) is 11.3 Å². The fourth-order valence-electron chi connectivity index (χ4n) is 2.70. The average Bonchev–Trinajstić information content (AvgIpc) is 3.07. The van der Waals surface area contributed by atoms with Crippen molar-refractivity contribution in [2.24, 2.45) is 7.05 Å². The van der Waals surface area contributed by atoms with Crippen LogP contribution in [-0.2, 0) is 11.8 Å². The van der Waals surface area contributed by atoms with Crippen LogP contribution in [0.5, 0.6) is 5.75 Å². The summed E-state index contributed by atoms with van der Waals surface area (Å²) in [7, 11) is 3.55. The number of hydrogen-bond donors (Lipinski definition) is 1. The summed E-state index contributed by atoms with van der Waals surface area (Å²) in [5, 5.41) is 3.56. The smallest absolute Gasteiger partial charge is 0.234 e. The van der Waals surface area contributed by atoms with E-state index < -0.39 is 0 Å². The second kappa shape index (κ2) is 8.75. The van der Waals surface area contributed by atoms with Gasteiger partial charge >= 0.3 is 0 Å². The molecule has 0 bridgehead atoms. The minimum absolute atomic E-state index is 0.0375. The highest BCUT2D eigenvalue weighted by Crippen LogP contribution is 2.26. The summed E-state index contributed by atoms with van der Waals surface area (Å²) in [5.41, 5.74) is 3.16. The number of ketones is 1. The molecule has 3 rings (SSSR count). The monoisotopic (exact) mass is 395 g/mol. The number of nitrogens with one attached hydrogen (secondary N) is 1. The number of hydrogen-bond acceptors (Lipinski definition) is 5. The van der Waals surface area contributed by atoms with Crippen LogP contribution in [0, 0.1) is 0 Å². The van der Waals surface area contributed by atoms with Crippen LogP contribution in [0.2, 0.25) is 0 Å². The van der Waals surface area contributed by atoms with Crippen molar-refractivity contribution < 1.29 is 14.3 Å². The van der Waals surface area contributed by atoms with Gasteiger partial charge in [0.2, 0.25) is 5.91 Å². The molecule has 1 N–H and O–H groups in total. The number of thioether (sulfide) groups is 1. The van der Waals surface area contributed by atoms with Gasteiger partial charge in [-0.05, 0) is 43.3 Å². The Kier molecular flexibility index (Phi) is 6.16. The van der Waals surface area contributed by atoms with E-state index in [9.17, 15) is 9.59 Å². The van der Waals surface area contributed by atoms with Crippen LogP contribution in [0.1, 0.15) is 17.3 Å². The third-order valence-electron chi connectivity index (χ3n) is 4.22. The molecular weight excluding hydrogens is 374 g/mol. The number of carbonyl (C=O) groups excluding carboxylic acids is 2. The van der Waals surface area contributed by atoms with Crippen molar-refractivity contribution in [3.63, 3.8) is 0 Å². The lowest BCUT2D eigenvalue weighted by molar-refractivity contribution is -0.113. The number of nitrogens with zero attached hydrogens (tertiary/aromatic N) is 2. The zero-order valence-corrected chi connectivity index (χ0v) is 16.7. The van der Waals surface area contributed by atoms with Gasteiger partial charge < -0.3 is 14.6 Å². The van der Waals surface area contributed by atoms with Crippen LogP contribution in [0.25, 0.3) is 11.3 Å². The maximum absolute atomic E-state index is 12.3. The Morgan fingerprint density at radius 3 is 2.61 bits per heavy atom. The van der Waals surface area contributed by atoms with Crippen molar-refractivity contribution in [3.8, 4) is 17.0 Å². The molecule has 1 heterocycles. The number of carbonyl (C=O) groups is 2. The second-order valence-corrected chi connectivity index (χ2v) is 7.13. The first-order valence-corrected chi connectivity index (χ1v) is 9.66. The second-order valence-electron chi connectivity index (χ2n) is 6.19. The number of methoxy groups -OCH3 is 1. The van der Waals surface area contributed by atoms with Gasteiger partial charge in [0.1, 0.15) is 5.75 Å². The molecular formula is C21H21N3O3S. The highest BCUT2D eigenvalue weighted by atomic mass is 32.2. The van der Waals surface area contributed by atoms with Gasteiger partial charge in [0, 0.05) is 23.9 Å². The molecule has 0 aliphatic heterocycles. The minimum Gasteiger partial charge on any atom is -0.497 e. The largest absolute Gasteiger partial charge is 0.497 e. The number of Topliss-reactive ketones (excluding diaryl/α,β-unsaturated/α-hetero) is 1. The van der Waals surface area contributed by atoms with Gasteiger partial charge in [-0.2, -0.15) is 0 Å². The third-order valence-corrected chi connectivity index (χ3v) is 5.26. The van der Waals surface area contributed by atoms with Crippen molar-refractivity contribution in [2.75, 3.05) is 18.2 Å². The molecule has 0 aliphatic rings. The van der Waals surface area contributed by atoms with E-state index in [0.717, 1.165) is 22.2 Å². The molecule has 0 radical (unpaired) electrons. The van der Waals surface area contributed by atoms with E-state index in [1.165, 1.54) is 18.7 Å². The first kappa shape index (κ1) is 19.7. The minimum atomic E-state index is -0.153. The molecule has 0 atom stereocenters. The standard InChI is InChI=1S/C21H21N3O3S/c1-14(25)16-5-4-6-17(11-16)23-20(26)13-28-21-22-12-19(24(21)2)15-7-9-18(27-3)10-8-15/h4-12H,13H2,1-3H3,(H,23,26). The van der Waals surface area contributed by atoms with Crippen LogP contribution in [0.4, 0.5) is 5.69 Å². The van der Waals surface area contributed by atoms with Gasteiger partial charge in [0.15, 0.2) is 10.9 Å². The fourth-order valence-corrected chi connectivity index (χ4v) is 3.45. The Balaban J connectivity index is 1.63. The van der Waals surface area contributed by atoms with Crippen LogP contribution in [-0.4, -0.2) is 34.1 Å². The van der Waals surface area contributed by atoms with Gasteiger partial charge in [-0.1, -0.05) is 23.9 Å². The predicted molar refractivity (Wildman–Crippen MR) is 111 cm³/mol. The van der Waals surface area contributed by atoms with Crippen LogP contribution in [0.3, 0.4) is 0 Å². The molecule has 28 heavy (non-hydrogen) atoms. The molecule has 0 aliphatic carbocycles. The Bertz CT molecular complexity index is 996. The Labute approximate surface area is 167 Å². The zero-order chi connectivity index (χ0) is 20.1. The van der Waals surface area contributed by atoms with Crippen molar-refractivity contribution >= 4 is 29.1 Å². The summed E-state index contributed by atoms with van der Waals surface area (Å²) in [6.07, 6.45) is 1.79. The molecule has 0 fully saturated rings. The lowest BCUT2D eigenvalue weighted by atomic mass is 10.1. The number of anilines is 1. The van der Waals surface area contributed by atoms with E-state index in [2.05, 4.69) is 10.3 Å². The van der Waals surface area contributed by atoms with Crippen molar-refractivity contribution in [2.45, 2.75) is 12.1 Å². The number of ether oxygens (including phenoxy) is 1. The topological polar surface area (TPSA) is 73.2 Å². The summed E-state index contributed by atoms with van der Waals surface area (Å²) in [4.78, 5) is 28.1. The Morgan fingerprint density at radius 2 is 1.93 bits per heavy atom. The van der Waals surface area contributed by atoms with E-state index >= 15 is 0 Å². The van der Waals surface area contributed by atoms with Crippen LogP contribution in [0.15, 0.2) is 59.9 Å². The fraction of sp³-hybridized carbons (Fsp3) is 0.190. The van der Waals surface area contributed by atoms with E-state index in [4.69, 9.17) is 4.74 Å². The summed E-state index contributed by atoms with van der Waals surface area (Å²) >= 11 is 1.36. The number of amides is 1. The molecule has 144 valence electrons. The first-order valence-electron chi connectivity index (χ1n) is 8.67. The molecule has 1 aromatic heterocycles. The zero-order valence-electron chi connectivity index (χ0n) is 15.9. The summed E-state index contributed by atoms with van der Waals surface area (Å²) in [5.74, 6) is 0.826. The molecule has 3 aromatic rings. The maximum atomic E-state index is 12.3. The van der Waals surface area contributed by atoms with E-state index in [-0.39, 0.29) is 17.4 Å². The van der Waals surface area contributed by atoms with Crippen molar-refractivity contribution in [3.05, 3.63) is 60.3 Å². The molecule has 0 spiro atoms.